The number of primary amides is 1. The maximum Gasteiger partial charge on any atom is 0.282 e. The van der Waals surface area contributed by atoms with Crippen LogP contribution in [0.5, 0.6) is 5.75 Å². The number of para-hydroxylation sites is 1. The van der Waals surface area contributed by atoms with Crippen LogP contribution in [0.3, 0.4) is 0 Å². The summed E-state index contributed by atoms with van der Waals surface area (Å²) in [4.78, 5) is 28.9. The van der Waals surface area contributed by atoms with Gasteiger partial charge in [-0.3, -0.25) is 9.59 Å². The van der Waals surface area contributed by atoms with E-state index in [-0.39, 0.29) is 12.2 Å². The van der Waals surface area contributed by atoms with Gasteiger partial charge in [-0.15, -0.1) is 0 Å². The Kier molecular flexibility index (Phi) is 6.84. The molecule has 0 atom stereocenters. The Balaban J connectivity index is 1.80. The molecule has 7 nitrogen and oxygen atoms in total. The summed E-state index contributed by atoms with van der Waals surface area (Å²) in [7, 11) is 0. The molecule has 1 aromatic heterocycles. The van der Waals surface area contributed by atoms with Gasteiger partial charge in [0.15, 0.2) is 12.4 Å². The molecule has 32 heavy (non-hydrogen) atoms. The summed E-state index contributed by atoms with van der Waals surface area (Å²) in [6.07, 6.45) is 1.60. The standard InChI is InChI=1S/C23H16I2N4O3/c24-17-10-14(11-18(25)21(17)32-13-20(26)30)12-27-29-22(15-6-2-1-3-7-15)28-19-9-5-4-8-16(19)23(29)31/h1-12H,13H2,(H2,26,30). The van der Waals surface area contributed by atoms with Crippen LogP contribution >= 0.6 is 45.2 Å². The lowest BCUT2D eigenvalue weighted by molar-refractivity contribution is -0.119. The minimum atomic E-state index is -0.543. The van der Waals surface area contributed by atoms with Crippen molar-refractivity contribution in [3.63, 3.8) is 0 Å². The summed E-state index contributed by atoms with van der Waals surface area (Å²) in [6, 6.07) is 20.4. The van der Waals surface area contributed by atoms with E-state index in [0.717, 1.165) is 18.3 Å². The zero-order chi connectivity index (χ0) is 22.7. The molecule has 4 aromatic rings. The van der Waals surface area contributed by atoms with E-state index in [0.29, 0.717) is 22.5 Å². The monoisotopic (exact) mass is 650 g/mol. The molecule has 0 fully saturated rings. The summed E-state index contributed by atoms with van der Waals surface area (Å²) in [5, 5.41) is 4.97. The minimum absolute atomic E-state index is 0.196. The van der Waals surface area contributed by atoms with Crippen LogP contribution in [0, 0.1) is 7.14 Å². The summed E-state index contributed by atoms with van der Waals surface area (Å²) < 4.78 is 8.40. The smallest absolute Gasteiger partial charge is 0.282 e. The van der Waals surface area contributed by atoms with Crippen LogP contribution in [0.2, 0.25) is 0 Å². The van der Waals surface area contributed by atoms with Crippen molar-refractivity contribution in [2.45, 2.75) is 0 Å². The molecule has 0 aliphatic carbocycles. The third kappa shape index (κ3) is 4.83. The fourth-order valence-electron chi connectivity index (χ4n) is 3.06. The third-order valence-electron chi connectivity index (χ3n) is 4.49. The first-order valence-corrected chi connectivity index (χ1v) is 11.6. The highest BCUT2D eigenvalue weighted by atomic mass is 127. The van der Waals surface area contributed by atoms with Crippen molar-refractivity contribution in [2.24, 2.45) is 10.8 Å². The Hall–Kier alpha value is -2.80. The molecule has 0 aliphatic rings. The number of aromatic nitrogens is 2. The molecule has 0 saturated heterocycles. The second-order valence-corrected chi connectivity index (χ2v) is 9.07. The Morgan fingerprint density at radius 2 is 1.72 bits per heavy atom. The fraction of sp³-hybridized carbons (Fsp3) is 0.0435. The highest BCUT2D eigenvalue weighted by Crippen LogP contribution is 2.28. The van der Waals surface area contributed by atoms with Crippen molar-refractivity contribution < 1.29 is 9.53 Å². The van der Waals surface area contributed by atoms with Crippen LogP contribution in [-0.4, -0.2) is 28.4 Å². The Bertz CT molecular complexity index is 1380. The Morgan fingerprint density at radius 3 is 2.41 bits per heavy atom. The van der Waals surface area contributed by atoms with Gasteiger partial charge < -0.3 is 10.5 Å². The van der Waals surface area contributed by atoms with Crippen LogP contribution in [0.25, 0.3) is 22.3 Å². The summed E-state index contributed by atoms with van der Waals surface area (Å²) in [6.45, 7) is -0.196. The Morgan fingerprint density at radius 1 is 1.06 bits per heavy atom. The number of carbonyl (C=O) groups is 1. The number of nitrogens with two attached hydrogens (primary N) is 1. The van der Waals surface area contributed by atoms with Gasteiger partial charge in [-0.1, -0.05) is 42.5 Å². The number of nitrogens with zero attached hydrogens (tertiary/aromatic N) is 3. The number of hydrogen-bond donors (Lipinski definition) is 1. The van der Waals surface area contributed by atoms with Crippen molar-refractivity contribution in [3.05, 3.63) is 89.8 Å². The van der Waals surface area contributed by atoms with Gasteiger partial charge in [-0.25, -0.2) is 4.98 Å². The van der Waals surface area contributed by atoms with E-state index in [2.05, 4.69) is 50.3 Å². The molecule has 0 aliphatic heterocycles. The van der Waals surface area contributed by atoms with Crippen LogP contribution in [0.1, 0.15) is 5.56 Å². The molecule has 3 aromatic carbocycles. The van der Waals surface area contributed by atoms with Crippen molar-refractivity contribution in [3.8, 4) is 17.1 Å². The first kappa shape index (κ1) is 22.4. The molecule has 2 N–H and O–H groups in total. The van der Waals surface area contributed by atoms with Crippen molar-refractivity contribution in [1.82, 2.24) is 9.66 Å². The SMILES string of the molecule is NC(=O)COc1c(I)cc(C=Nn2c(-c3ccccc3)nc3ccccc3c2=O)cc1I. The summed E-state index contributed by atoms with van der Waals surface area (Å²) in [5.41, 5.74) is 7.08. The molecule has 0 spiro atoms. The van der Waals surface area contributed by atoms with Gasteiger partial charge >= 0.3 is 0 Å². The second kappa shape index (κ2) is 9.77. The number of fused-ring (bicyclic) bond motifs is 1. The predicted octanol–water partition coefficient (Wildman–Crippen LogP) is 4.02. The maximum absolute atomic E-state index is 13.2. The van der Waals surface area contributed by atoms with E-state index >= 15 is 0 Å². The number of rotatable bonds is 6. The van der Waals surface area contributed by atoms with Gasteiger partial charge in [0.2, 0.25) is 0 Å². The number of amides is 1. The van der Waals surface area contributed by atoms with Crippen molar-refractivity contribution >= 4 is 68.2 Å². The van der Waals surface area contributed by atoms with E-state index in [1.54, 1.807) is 18.3 Å². The number of halogens is 2. The Labute approximate surface area is 210 Å². The van der Waals surface area contributed by atoms with E-state index < -0.39 is 5.91 Å². The van der Waals surface area contributed by atoms with E-state index in [1.807, 2.05) is 54.6 Å². The molecule has 4 rings (SSSR count). The zero-order valence-electron chi connectivity index (χ0n) is 16.5. The highest BCUT2D eigenvalue weighted by Gasteiger charge is 2.13. The molecule has 0 bridgehead atoms. The molecule has 0 unspecified atom stereocenters. The van der Waals surface area contributed by atoms with Gasteiger partial charge in [0.25, 0.3) is 11.5 Å². The quantitative estimate of drug-likeness (QED) is 0.252. The van der Waals surface area contributed by atoms with Gasteiger partial charge in [-0.2, -0.15) is 9.78 Å². The third-order valence-corrected chi connectivity index (χ3v) is 6.09. The number of carbonyl (C=O) groups excluding carboxylic acids is 1. The lowest BCUT2D eigenvalue weighted by Gasteiger charge is -2.11. The molecule has 0 saturated carbocycles. The first-order chi connectivity index (χ1) is 15.4. The number of benzene rings is 3. The topological polar surface area (TPSA) is 99.6 Å². The van der Waals surface area contributed by atoms with Gasteiger partial charge in [0, 0.05) is 5.56 Å². The van der Waals surface area contributed by atoms with Crippen LogP contribution < -0.4 is 16.0 Å². The van der Waals surface area contributed by atoms with Crippen LogP contribution in [-0.2, 0) is 4.79 Å². The summed E-state index contributed by atoms with van der Waals surface area (Å²) >= 11 is 4.25. The van der Waals surface area contributed by atoms with Crippen LogP contribution in [0.15, 0.2) is 76.6 Å². The maximum atomic E-state index is 13.2. The number of ether oxygens (including phenoxy) is 1. The van der Waals surface area contributed by atoms with E-state index in [9.17, 15) is 9.59 Å². The molecule has 160 valence electrons. The largest absolute Gasteiger partial charge is 0.482 e. The average Bonchev–Trinajstić information content (AvgIpc) is 2.78. The normalized spacial score (nSPS) is 11.2. The molecular formula is C23H16I2N4O3. The molecule has 1 heterocycles. The predicted molar refractivity (Wildman–Crippen MR) is 141 cm³/mol. The first-order valence-electron chi connectivity index (χ1n) is 9.46. The molecular weight excluding hydrogens is 634 g/mol. The van der Waals surface area contributed by atoms with Crippen molar-refractivity contribution in [2.75, 3.05) is 6.61 Å². The fourth-order valence-corrected chi connectivity index (χ4v) is 5.19. The molecule has 0 radical (unpaired) electrons. The lowest BCUT2D eigenvalue weighted by Crippen LogP contribution is -2.21. The second-order valence-electron chi connectivity index (χ2n) is 6.75. The summed E-state index contributed by atoms with van der Waals surface area (Å²) in [5.74, 6) is 0.492. The van der Waals surface area contributed by atoms with Crippen molar-refractivity contribution in [1.29, 1.82) is 0 Å². The van der Waals surface area contributed by atoms with E-state index in [1.165, 1.54) is 4.68 Å². The minimum Gasteiger partial charge on any atom is -0.482 e. The number of hydrogen-bond acceptors (Lipinski definition) is 5. The highest BCUT2D eigenvalue weighted by molar-refractivity contribution is 14.1. The average molecular weight is 650 g/mol. The molecule has 1 amide bonds. The van der Waals surface area contributed by atoms with E-state index in [4.69, 9.17) is 15.5 Å². The van der Waals surface area contributed by atoms with Gasteiger partial charge in [0.05, 0.1) is 24.3 Å². The molecule has 9 heteroatoms. The lowest BCUT2D eigenvalue weighted by atomic mass is 10.2. The van der Waals surface area contributed by atoms with Crippen LogP contribution in [0.4, 0.5) is 0 Å². The zero-order valence-corrected chi connectivity index (χ0v) is 20.8. The van der Waals surface area contributed by atoms with Gasteiger partial charge in [0.1, 0.15) is 5.75 Å². The van der Waals surface area contributed by atoms with Gasteiger partial charge in [-0.05, 0) is 75.0 Å².